The van der Waals surface area contributed by atoms with E-state index in [1.165, 1.54) is 0 Å². The van der Waals surface area contributed by atoms with Gasteiger partial charge >= 0.3 is 8.25 Å². The topological polar surface area (TPSA) is 87.6 Å². The third kappa shape index (κ3) is 8.04. The molecule has 0 unspecified atom stereocenters. The van der Waals surface area contributed by atoms with Gasteiger partial charge in [0.25, 0.3) is 0 Å². The molecule has 1 saturated heterocycles. The molecule has 12 heavy (non-hydrogen) atoms. The molecule has 1 aliphatic rings. The minimum atomic E-state index is -1.77. The lowest BCUT2D eigenvalue weighted by atomic mass is 10.3. The predicted octanol–water partition coefficient (Wildman–Crippen LogP) is 0.375. The molecular weight excluding hydrogens is 179 g/mol. The number of rotatable bonds is 1. The zero-order valence-corrected chi connectivity index (χ0v) is 7.96. The van der Waals surface area contributed by atoms with E-state index in [1.807, 2.05) is 0 Å². The molecule has 0 amide bonds. The van der Waals surface area contributed by atoms with Gasteiger partial charge in [-0.3, -0.25) is 0 Å². The normalized spacial score (nSPS) is 17.7. The minimum Gasteiger partial charge on any atom is -0.329 e. The second kappa shape index (κ2) is 9.03. The maximum atomic E-state index is 10.4. The van der Waals surface area contributed by atoms with Gasteiger partial charge in [0, 0.05) is 17.7 Å². The van der Waals surface area contributed by atoms with Crippen molar-refractivity contribution in [3.05, 3.63) is 0 Å². The molecule has 0 saturated carbocycles. The third-order valence-corrected chi connectivity index (χ3v) is 1.89. The number of hydrogen-bond donors (Lipinski definition) is 2. The molecule has 6 heteroatoms. The molecular formula is C6H16N2O3P+. The van der Waals surface area contributed by atoms with Gasteiger partial charge in [0.2, 0.25) is 0 Å². The summed E-state index contributed by atoms with van der Waals surface area (Å²) in [6.07, 6.45) is 1.92. The summed E-state index contributed by atoms with van der Waals surface area (Å²) in [5.74, 6) is 0. The summed E-state index contributed by atoms with van der Waals surface area (Å²) in [7, 11) is -1.77. The Labute approximate surface area is 73.3 Å². The fourth-order valence-electron chi connectivity index (χ4n) is 0.520. The Kier molecular flexibility index (Phi) is 8.99. The van der Waals surface area contributed by atoms with Crippen molar-refractivity contribution in [2.24, 2.45) is 11.5 Å². The van der Waals surface area contributed by atoms with E-state index in [1.54, 1.807) is 0 Å². The van der Waals surface area contributed by atoms with Crippen LogP contribution >= 0.6 is 8.25 Å². The molecule has 0 bridgehead atoms. The van der Waals surface area contributed by atoms with E-state index >= 15 is 0 Å². The maximum Gasteiger partial charge on any atom is 0.697 e. The Balaban J connectivity index is 0.000000261. The Bertz CT molecular complexity index is 111. The van der Waals surface area contributed by atoms with Crippen molar-refractivity contribution in [3.8, 4) is 0 Å². The van der Waals surface area contributed by atoms with Crippen LogP contribution < -0.4 is 11.5 Å². The maximum absolute atomic E-state index is 10.4. The molecule has 5 nitrogen and oxygen atoms in total. The summed E-state index contributed by atoms with van der Waals surface area (Å²) < 4.78 is 19.8. The first-order valence-electron chi connectivity index (χ1n) is 3.94. The van der Waals surface area contributed by atoms with Crippen LogP contribution in [-0.2, 0) is 13.6 Å². The average molecular weight is 195 g/mol. The van der Waals surface area contributed by atoms with Gasteiger partial charge < -0.3 is 11.5 Å². The van der Waals surface area contributed by atoms with Crippen molar-refractivity contribution in [2.45, 2.75) is 12.8 Å². The van der Waals surface area contributed by atoms with Gasteiger partial charge in [-0.1, -0.05) is 0 Å². The highest BCUT2D eigenvalue weighted by molar-refractivity contribution is 7.33. The van der Waals surface area contributed by atoms with Crippen molar-refractivity contribution in [3.63, 3.8) is 0 Å². The van der Waals surface area contributed by atoms with Crippen LogP contribution in [-0.4, -0.2) is 26.3 Å². The lowest BCUT2D eigenvalue weighted by Gasteiger charge is -1.79. The summed E-state index contributed by atoms with van der Waals surface area (Å²) in [6.45, 7) is 2.35. The fourth-order valence-corrected chi connectivity index (χ4v) is 1.15. The van der Waals surface area contributed by atoms with E-state index in [0.29, 0.717) is 26.3 Å². The zero-order chi connectivity index (χ0) is 9.23. The molecule has 0 radical (unpaired) electrons. The SMILES string of the molecule is NCCN.O=[P+]1OCCCCO1. The van der Waals surface area contributed by atoms with E-state index in [2.05, 4.69) is 9.05 Å². The molecule has 4 N–H and O–H groups in total. The van der Waals surface area contributed by atoms with E-state index in [-0.39, 0.29) is 0 Å². The van der Waals surface area contributed by atoms with Gasteiger partial charge in [0.05, 0.1) is 0 Å². The zero-order valence-electron chi connectivity index (χ0n) is 7.07. The van der Waals surface area contributed by atoms with Crippen LogP contribution in [0.5, 0.6) is 0 Å². The molecule has 0 aromatic heterocycles. The highest BCUT2D eigenvalue weighted by atomic mass is 31.1. The molecule has 1 aliphatic heterocycles. The third-order valence-electron chi connectivity index (χ3n) is 1.10. The first kappa shape index (κ1) is 11.9. The van der Waals surface area contributed by atoms with Gasteiger partial charge in [0.1, 0.15) is 13.2 Å². The van der Waals surface area contributed by atoms with E-state index in [0.717, 1.165) is 12.8 Å². The Morgan fingerprint density at radius 2 is 1.50 bits per heavy atom. The van der Waals surface area contributed by atoms with Crippen molar-refractivity contribution in [2.75, 3.05) is 26.3 Å². The van der Waals surface area contributed by atoms with E-state index in [4.69, 9.17) is 11.5 Å². The Hall–Kier alpha value is -0.0600. The smallest absolute Gasteiger partial charge is 0.329 e. The van der Waals surface area contributed by atoms with Crippen LogP contribution in [0, 0.1) is 0 Å². The molecule has 0 atom stereocenters. The van der Waals surface area contributed by atoms with Crippen LogP contribution in [0.25, 0.3) is 0 Å². The van der Waals surface area contributed by atoms with Crippen LogP contribution in [0.1, 0.15) is 12.8 Å². The van der Waals surface area contributed by atoms with Crippen LogP contribution in [0.2, 0.25) is 0 Å². The lowest BCUT2D eigenvalue weighted by molar-refractivity contribution is 0.263. The predicted molar refractivity (Wildman–Crippen MR) is 46.9 cm³/mol. The molecule has 0 aliphatic carbocycles. The van der Waals surface area contributed by atoms with Crippen LogP contribution in [0.15, 0.2) is 0 Å². The van der Waals surface area contributed by atoms with Gasteiger partial charge in [-0.05, 0) is 12.8 Å². The molecule has 0 spiro atoms. The minimum absolute atomic E-state index is 0.579. The number of hydrogen-bond acceptors (Lipinski definition) is 5. The monoisotopic (exact) mass is 195 g/mol. The summed E-state index contributed by atoms with van der Waals surface area (Å²) in [5.41, 5.74) is 9.81. The molecule has 0 aromatic rings. The summed E-state index contributed by atoms with van der Waals surface area (Å²) in [5, 5.41) is 0. The van der Waals surface area contributed by atoms with Crippen molar-refractivity contribution < 1.29 is 13.6 Å². The van der Waals surface area contributed by atoms with Crippen molar-refractivity contribution in [1.29, 1.82) is 0 Å². The molecule has 1 heterocycles. The quantitative estimate of drug-likeness (QED) is 0.590. The van der Waals surface area contributed by atoms with Gasteiger partial charge in [-0.25, -0.2) is 0 Å². The summed E-state index contributed by atoms with van der Waals surface area (Å²) in [4.78, 5) is 0. The Morgan fingerprint density at radius 3 is 1.83 bits per heavy atom. The van der Waals surface area contributed by atoms with E-state index in [9.17, 15) is 4.57 Å². The molecule has 0 aromatic carbocycles. The fraction of sp³-hybridized carbons (Fsp3) is 1.00. The van der Waals surface area contributed by atoms with Crippen molar-refractivity contribution >= 4 is 8.25 Å². The first-order chi connectivity index (χ1) is 5.81. The second-order valence-electron chi connectivity index (χ2n) is 2.17. The summed E-state index contributed by atoms with van der Waals surface area (Å²) in [6, 6.07) is 0. The molecule has 72 valence electrons. The van der Waals surface area contributed by atoms with Crippen LogP contribution in [0.4, 0.5) is 0 Å². The largest absolute Gasteiger partial charge is 0.697 e. The molecule has 1 fully saturated rings. The molecule has 1 rings (SSSR count). The number of nitrogens with two attached hydrogens (primary N) is 2. The Morgan fingerprint density at radius 1 is 1.08 bits per heavy atom. The second-order valence-corrected chi connectivity index (χ2v) is 3.14. The first-order valence-corrected chi connectivity index (χ1v) is 5.04. The lowest BCUT2D eigenvalue weighted by Crippen LogP contribution is -2.11. The van der Waals surface area contributed by atoms with Crippen LogP contribution in [0.3, 0.4) is 0 Å². The van der Waals surface area contributed by atoms with Gasteiger partial charge in [0.15, 0.2) is 0 Å². The highest BCUT2D eigenvalue weighted by Gasteiger charge is 2.21. The van der Waals surface area contributed by atoms with E-state index < -0.39 is 8.25 Å². The van der Waals surface area contributed by atoms with Gasteiger partial charge in [-0.2, -0.15) is 0 Å². The van der Waals surface area contributed by atoms with Crippen molar-refractivity contribution in [1.82, 2.24) is 0 Å². The average Bonchev–Trinajstić information content (AvgIpc) is 2.33. The standard InChI is InChI=1S/C4H8O3P.C2H8N2/c5-8-6-3-1-2-4-7-8;3-1-2-4/h1-4H2;1-4H2/q+1;. The van der Waals surface area contributed by atoms with Gasteiger partial charge in [-0.15, -0.1) is 9.05 Å². The highest BCUT2D eigenvalue weighted by Crippen LogP contribution is 2.26. The summed E-state index contributed by atoms with van der Waals surface area (Å²) >= 11 is 0.